The second-order valence-corrected chi connectivity index (χ2v) is 12.4. The molecule has 0 amide bonds. The van der Waals surface area contributed by atoms with Gasteiger partial charge in [-0.2, -0.15) is 0 Å². The fourth-order valence-corrected chi connectivity index (χ4v) is 7.18. The van der Waals surface area contributed by atoms with Crippen LogP contribution in [0.15, 0.2) is 168 Å². The number of rotatable bonds is 4. The zero-order valence-corrected chi connectivity index (χ0v) is 26.3. The van der Waals surface area contributed by atoms with E-state index in [1.807, 2.05) is 12.1 Å². The number of furan rings is 1. The number of nitrogens with zero attached hydrogens (tertiary/aromatic N) is 3. The van der Waals surface area contributed by atoms with E-state index in [2.05, 4.69) is 152 Å². The third-order valence-corrected chi connectivity index (χ3v) is 9.50. The molecule has 0 saturated carbocycles. The van der Waals surface area contributed by atoms with Crippen molar-refractivity contribution in [3.8, 4) is 45.3 Å². The molecule has 0 N–H and O–H groups in total. The average molecular weight is 626 g/mol. The topological polar surface area (TPSA) is 51.8 Å². The Kier molecular flexibility index (Phi) is 6.15. The van der Waals surface area contributed by atoms with Gasteiger partial charge in [-0.25, -0.2) is 15.0 Å². The third-order valence-electron chi connectivity index (χ3n) is 9.50. The molecule has 10 aromatic rings. The van der Waals surface area contributed by atoms with Gasteiger partial charge in [-0.05, 0) is 56.3 Å². The molecule has 0 aliphatic heterocycles. The van der Waals surface area contributed by atoms with Crippen LogP contribution in [0.5, 0.6) is 0 Å². The Labute approximate surface area is 282 Å². The van der Waals surface area contributed by atoms with Crippen LogP contribution in [0.3, 0.4) is 0 Å². The van der Waals surface area contributed by atoms with Crippen LogP contribution in [0.25, 0.3) is 99.5 Å². The molecule has 4 nitrogen and oxygen atoms in total. The Balaban J connectivity index is 1.31. The fraction of sp³-hybridized carbons (Fsp3) is 0. The van der Waals surface area contributed by atoms with E-state index in [4.69, 9.17) is 19.4 Å². The van der Waals surface area contributed by atoms with E-state index in [0.29, 0.717) is 17.5 Å². The summed E-state index contributed by atoms with van der Waals surface area (Å²) in [7, 11) is 0. The van der Waals surface area contributed by atoms with E-state index in [1.54, 1.807) is 0 Å². The summed E-state index contributed by atoms with van der Waals surface area (Å²) in [6.45, 7) is 0. The molecule has 10 rings (SSSR count). The van der Waals surface area contributed by atoms with Gasteiger partial charge < -0.3 is 4.42 Å². The van der Waals surface area contributed by atoms with Crippen LogP contribution in [0.2, 0.25) is 0 Å². The predicted molar refractivity (Wildman–Crippen MR) is 201 cm³/mol. The van der Waals surface area contributed by atoms with Crippen molar-refractivity contribution < 1.29 is 4.42 Å². The SMILES string of the molecule is c1ccc(-c2cc3c4ccccc4oc3c3c(-c4nc(-c5ccc6ccccc6c5)nc(-c5cccc6ccccc56)n4)cccc23)cc1. The van der Waals surface area contributed by atoms with E-state index in [-0.39, 0.29) is 0 Å². The predicted octanol–water partition coefficient (Wildman–Crippen LogP) is 11.9. The zero-order valence-electron chi connectivity index (χ0n) is 26.3. The van der Waals surface area contributed by atoms with Gasteiger partial charge >= 0.3 is 0 Å². The average Bonchev–Trinajstić information content (AvgIpc) is 3.56. The molecule has 0 saturated heterocycles. The van der Waals surface area contributed by atoms with Crippen molar-refractivity contribution in [2.45, 2.75) is 0 Å². The maximum atomic E-state index is 6.68. The Bertz CT molecular complexity index is 2890. The molecule has 228 valence electrons. The summed E-state index contributed by atoms with van der Waals surface area (Å²) in [5.41, 5.74) is 6.74. The molecule has 0 fully saturated rings. The minimum absolute atomic E-state index is 0.596. The first-order valence-electron chi connectivity index (χ1n) is 16.4. The molecule has 0 unspecified atom stereocenters. The van der Waals surface area contributed by atoms with Gasteiger partial charge in [0.05, 0.1) is 0 Å². The molecule has 2 heterocycles. The van der Waals surface area contributed by atoms with Gasteiger partial charge in [0.2, 0.25) is 0 Å². The van der Waals surface area contributed by atoms with Crippen LogP contribution in [0, 0.1) is 0 Å². The van der Waals surface area contributed by atoms with Crippen molar-refractivity contribution in [2.75, 3.05) is 0 Å². The Morgan fingerprint density at radius 2 is 0.980 bits per heavy atom. The summed E-state index contributed by atoms with van der Waals surface area (Å²) in [5, 5.41) is 8.73. The second-order valence-electron chi connectivity index (χ2n) is 12.4. The van der Waals surface area contributed by atoms with Gasteiger partial charge in [-0.15, -0.1) is 0 Å². The van der Waals surface area contributed by atoms with Crippen molar-refractivity contribution in [2.24, 2.45) is 0 Å². The van der Waals surface area contributed by atoms with E-state index >= 15 is 0 Å². The number of hydrogen-bond donors (Lipinski definition) is 0. The Morgan fingerprint density at radius 1 is 0.347 bits per heavy atom. The maximum Gasteiger partial charge on any atom is 0.164 e. The highest BCUT2D eigenvalue weighted by atomic mass is 16.3. The lowest BCUT2D eigenvalue weighted by Crippen LogP contribution is -2.01. The Hall–Kier alpha value is -6.65. The largest absolute Gasteiger partial charge is 0.455 e. The van der Waals surface area contributed by atoms with Crippen LogP contribution >= 0.6 is 0 Å². The van der Waals surface area contributed by atoms with E-state index in [1.165, 1.54) is 5.39 Å². The number of aromatic nitrogens is 3. The molecular formula is C45H27N3O. The molecule has 0 spiro atoms. The molecule has 0 bridgehead atoms. The lowest BCUT2D eigenvalue weighted by molar-refractivity contribution is 0.673. The number of benzene rings is 8. The molecule has 49 heavy (non-hydrogen) atoms. The van der Waals surface area contributed by atoms with Crippen molar-refractivity contribution in [1.82, 2.24) is 15.0 Å². The van der Waals surface area contributed by atoms with E-state index in [9.17, 15) is 0 Å². The second kappa shape index (κ2) is 11.0. The number of para-hydroxylation sites is 1. The molecule has 2 aromatic heterocycles. The molecule has 0 aliphatic rings. The number of hydrogen-bond acceptors (Lipinski definition) is 4. The van der Waals surface area contributed by atoms with Gasteiger partial charge in [-0.1, -0.05) is 146 Å². The van der Waals surface area contributed by atoms with Crippen LogP contribution in [0.4, 0.5) is 0 Å². The molecule has 4 heteroatoms. The summed E-state index contributed by atoms with van der Waals surface area (Å²) in [4.78, 5) is 15.6. The molecule has 0 radical (unpaired) electrons. The maximum absolute atomic E-state index is 6.68. The minimum Gasteiger partial charge on any atom is -0.455 e. The molecular weight excluding hydrogens is 599 g/mol. The van der Waals surface area contributed by atoms with Crippen molar-refractivity contribution >= 4 is 54.3 Å². The van der Waals surface area contributed by atoms with E-state index < -0.39 is 0 Å². The summed E-state index contributed by atoms with van der Waals surface area (Å²) in [5.74, 6) is 1.84. The molecule has 8 aromatic carbocycles. The van der Waals surface area contributed by atoms with Crippen molar-refractivity contribution in [3.05, 3.63) is 164 Å². The molecule has 0 atom stereocenters. The van der Waals surface area contributed by atoms with Crippen molar-refractivity contribution in [1.29, 1.82) is 0 Å². The summed E-state index contributed by atoms with van der Waals surface area (Å²) < 4.78 is 6.68. The monoisotopic (exact) mass is 625 g/mol. The van der Waals surface area contributed by atoms with Gasteiger partial charge in [0, 0.05) is 32.8 Å². The highest BCUT2D eigenvalue weighted by molar-refractivity contribution is 6.22. The normalized spacial score (nSPS) is 11.7. The van der Waals surface area contributed by atoms with Gasteiger partial charge in [-0.3, -0.25) is 0 Å². The first kappa shape index (κ1) is 27.5. The highest BCUT2D eigenvalue weighted by Gasteiger charge is 2.21. The van der Waals surface area contributed by atoms with Crippen molar-refractivity contribution in [3.63, 3.8) is 0 Å². The van der Waals surface area contributed by atoms with Gasteiger partial charge in [0.25, 0.3) is 0 Å². The van der Waals surface area contributed by atoms with Crippen LogP contribution in [-0.4, -0.2) is 15.0 Å². The molecule has 0 aliphatic carbocycles. The van der Waals surface area contributed by atoms with Crippen LogP contribution in [0.1, 0.15) is 0 Å². The summed E-state index contributed by atoms with van der Waals surface area (Å²) >= 11 is 0. The standard InChI is InChI=1S/C45H27N3O/c1-2-13-30(14-3-1)38-27-39-34-19-8-9-23-40(34)49-42(39)41-35(38)20-11-22-37(41)45-47-43(32-25-24-28-12-4-5-16-31(28)26-32)46-44(48-45)36-21-10-17-29-15-6-7-18-33(29)36/h1-27H. The van der Waals surface area contributed by atoms with Crippen LogP contribution in [-0.2, 0) is 0 Å². The highest BCUT2D eigenvalue weighted by Crippen LogP contribution is 2.43. The van der Waals surface area contributed by atoms with Gasteiger partial charge in [0.15, 0.2) is 17.5 Å². The fourth-order valence-electron chi connectivity index (χ4n) is 7.18. The quantitative estimate of drug-likeness (QED) is 0.195. The number of fused-ring (bicyclic) bond motifs is 7. The minimum atomic E-state index is 0.596. The zero-order chi connectivity index (χ0) is 32.3. The van der Waals surface area contributed by atoms with Crippen LogP contribution < -0.4 is 0 Å². The lowest BCUT2D eigenvalue weighted by Gasteiger charge is -2.14. The van der Waals surface area contributed by atoms with E-state index in [0.717, 1.165) is 76.7 Å². The smallest absolute Gasteiger partial charge is 0.164 e. The van der Waals surface area contributed by atoms with Gasteiger partial charge in [0.1, 0.15) is 11.2 Å². The first-order chi connectivity index (χ1) is 24.3. The summed E-state index contributed by atoms with van der Waals surface area (Å²) in [6, 6.07) is 56.9. The lowest BCUT2D eigenvalue weighted by atomic mass is 9.92. The summed E-state index contributed by atoms with van der Waals surface area (Å²) in [6.07, 6.45) is 0. The third kappa shape index (κ3) is 4.49. The Morgan fingerprint density at radius 3 is 1.86 bits per heavy atom. The first-order valence-corrected chi connectivity index (χ1v) is 16.4.